The Morgan fingerprint density at radius 1 is 1.47 bits per heavy atom. The van der Waals surface area contributed by atoms with Crippen LogP contribution in [0.2, 0.25) is 0 Å². The second kappa shape index (κ2) is 3.27. The van der Waals surface area contributed by atoms with Gasteiger partial charge in [-0.25, -0.2) is 0 Å². The Kier molecular flexibility index (Phi) is 2.19. The van der Waals surface area contributed by atoms with E-state index in [1.165, 1.54) is 0 Å². The van der Waals surface area contributed by atoms with Gasteiger partial charge in [0.1, 0.15) is 11.4 Å². The summed E-state index contributed by atoms with van der Waals surface area (Å²) in [5, 5.41) is 8.82. The lowest BCUT2D eigenvalue weighted by molar-refractivity contribution is 0.0354. The molecule has 0 amide bonds. The summed E-state index contributed by atoms with van der Waals surface area (Å²) in [6.45, 7) is 6.40. The topological polar surface area (TPSA) is 33.0 Å². The predicted octanol–water partition coefficient (Wildman–Crippen LogP) is 2.91. The van der Waals surface area contributed by atoms with E-state index in [4.69, 9.17) is 10.00 Å². The Morgan fingerprint density at radius 2 is 2.20 bits per heavy atom. The first-order chi connectivity index (χ1) is 7.03. The van der Waals surface area contributed by atoms with Gasteiger partial charge in [0.25, 0.3) is 0 Å². The molecule has 0 N–H and O–H groups in total. The maximum atomic E-state index is 8.82. The number of ether oxygens (including phenoxy) is 1. The third-order valence-corrected chi connectivity index (χ3v) is 3.28. The fraction of sp³-hybridized carbons (Fsp3) is 0.462. The quantitative estimate of drug-likeness (QED) is 0.646. The molecule has 0 bridgehead atoms. The van der Waals surface area contributed by atoms with E-state index in [-0.39, 0.29) is 5.60 Å². The smallest absolute Gasteiger partial charge is 0.123 e. The van der Waals surface area contributed by atoms with E-state index in [1.807, 2.05) is 18.2 Å². The summed E-state index contributed by atoms with van der Waals surface area (Å²) in [6, 6.07) is 7.80. The summed E-state index contributed by atoms with van der Waals surface area (Å²) in [6.07, 6.45) is 0.984. The lowest BCUT2D eigenvalue weighted by Gasteiger charge is -2.38. The van der Waals surface area contributed by atoms with Crippen LogP contribution in [0.1, 0.15) is 31.9 Å². The average Bonchev–Trinajstić information content (AvgIpc) is 2.19. The number of rotatable bonds is 0. The van der Waals surface area contributed by atoms with Crippen molar-refractivity contribution in [3.63, 3.8) is 0 Å². The van der Waals surface area contributed by atoms with Crippen LogP contribution in [-0.4, -0.2) is 5.60 Å². The largest absolute Gasteiger partial charge is 0.487 e. The Labute approximate surface area is 90.5 Å². The number of nitrogens with zero attached hydrogens (tertiary/aromatic N) is 1. The lowest BCUT2D eigenvalue weighted by Crippen LogP contribution is -2.40. The first-order valence-electron chi connectivity index (χ1n) is 5.25. The average molecular weight is 201 g/mol. The molecule has 1 atom stereocenters. The van der Waals surface area contributed by atoms with Crippen LogP contribution < -0.4 is 4.74 Å². The molecule has 0 saturated carbocycles. The fourth-order valence-electron chi connectivity index (χ4n) is 1.87. The van der Waals surface area contributed by atoms with E-state index in [0.29, 0.717) is 11.5 Å². The molecule has 2 nitrogen and oxygen atoms in total. The summed E-state index contributed by atoms with van der Waals surface area (Å²) in [7, 11) is 0. The molecule has 0 fully saturated rings. The van der Waals surface area contributed by atoms with Crippen molar-refractivity contribution in [3.8, 4) is 11.8 Å². The zero-order valence-electron chi connectivity index (χ0n) is 9.37. The van der Waals surface area contributed by atoms with Crippen LogP contribution in [0.25, 0.3) is 0 Å². The number of nitriles is 1. The number of benzene rings is 1. The van der Waals surface area contributed by atoms with E-state index in [9.17, 15) is 0 Å². The molecule has 15 heavy (non-hydrogen) atoms. The molecule has 1 aliphatic rings. The molecule has 0 aromatic heterocycles. The molecule has 0 spiro atoms. The number of hydrogen-bond donors (Lipinski definition) is 0. The van der Waals surface area contributed by atoms with Crippen molar-refractivity contribution in [2.45, 2.75) is 32.8 Å². The molecule has 1 aromatic carbocycles. The van der Waals surface area contributed by atoms with E-state index < -0.39 is 0 Å². The summed E-state index contributed by atoms with van der Waals surface area (Å²) < 4.78 is 5.92. The van der Waals surface area contributed by atoms with Gasteiger partial charge in [-0.3, -0.25) is 0 Å². The summed E-state index contributed by atoms with van der Waals surface area (Å²) >= 11 is 0. The molecule has 78 valence electrons. The third-order valence-electron chi connectivity index (χ3n) is 3.28. The molecule has 0 saturated heterocycles. The van der Waals surface area contributed by atoms with Crippen molar-refractivity contribution in [2.24, 2.45) is 5.92 Å². The van der Waals surface area contributed by atoms with Crippen LogP contribution in [0, 0.1) is 17.2 Å². The lowest BCUT2D eigenvalue weighted by atomic mass is 9.84. The van der Waals surface area contributed by atoms with Crippen LogP contribution in [0.5, 0.6) is 5.75 Å². The highest BCUT2D eigenvalue weighted by molar-refractivity contribution is 5.43. The molecule has 1 aliphatic heterocycles. The van der Waals surface area contributed by atoms with Crippen LogP contribution >= 0.6 is 0 Å². The van der Waals surface area contributed by atoms with Gasteiger partial charge in [-0.05, 0) is 49.9 Å². The van der Waals surface area contributed by atoms with Crippen LogP contribution in [-0.2, 0) is 6.42 Å². The molecule has 2 heteroatoms. The Hall–Kier alpha value is -1.49. The predicted molar refractivity (Wildman–Crippen MR) is 58.7 cm³/mol. The number of fused-ring (bicyclic) bond motifs is 1. The summed E-state index contributed by atoms with van der Waals surface area (Å²) in [5.74, 6) is 1.40. The van der Waals surface area contributed by atoms with E-state index in [2.05, 4.69) is 26.8 Å². The molecule has 1 heterocycles. The van der Waals surface area contributed by atoms with Gasteiger partial charge in [-0.1, -0.05) is 6.92 Å². The normalized spacial score (nSPS) is 22.4. The van der Waals surface area contributed by atoms with Gasteiger partial charge in [-0.2, -0.15) is 5.26 Å². The maximum Gasteiger partial charge on any atom is 0.123 e. The van der Waals surface area contributed by atoms with Crippen molar-refractivity contribution in [2.75, 3.05) is 0 Å². The van der Waals surface area contributed by atoms with Crippen LogP contribution in [0.3, 0.4) is 0 Å². The van der Waals surface area contributed by atoms with Gasteiger partial charge in [0.2, 0.25) is 0 Å². The van der Waals surface area contributed by atoms with Crippen molar-refractivity contribution in [3.05, 3.63) is 29.3 Å². The summed E-state index contributed by atoms with van der Waals surface area (Å²) in [4.78, 5) is 0. The second-order valence-electron chi connectivity index (χ2n) is 4.74. The second-order valence-corrected chi connectivity index (χ2v) is 4.74. The van der Waals surface area contributed by atoms with Crippen LogP contribution in [0.4, 0.5) is 0 Å². The van der Waals surface area contributed by atoms with E-state index >= 15 is 0 Å². The highest BCUT2D eigenvalue weighted by atomic mass is 16.5. The van der Waals surface area contributed by atoms with Gasteiger partial charge in [0.15, 0.2) is 0 Å². The highest BCUT2D eigenvalue weighted by Gasteiger charge is 2.33. The van der Waals surface area contributed by atoms with Crippen molar-refractivity contribution < 1.29 is 4.74 Å². The molecule has 0 aliphatic carbocycles. The minimum absolute atomic E-state index is 0.110. The van der Waals surface area contributed by atoms with Crippen molar-refractivity contribution in [1.29, 1.82) is 5.26 Å². The molecule has 0 radical (unpaired) electrons. The molecule has 1 aromatic rings. The molecule has 1 unspecified atom stereocenters. The monoisotopic (exact) mass is 201 g/mol. The van der Waals surface area contributed by atoms with E-state index in [1.54, 1.807) is 0 Å². The molecular weight excluding hydrogens is 186 g/mol. The first kappa shape index (κ1) is 10.0. The van der Waals surface area contributed by atoms with Crippen molar-refractivity contribution in [1.82, 2.24) is 0 Å². The van der Waals surface area contributed by atoms with Gasteiger partial charge in [0.05, 0.1) is 11.6 Å². The minimum atomic E-state index is -0.110. The minimum Gasteiger partial charge on any atom is -0.487 e. The van der Waals surface area contributed by atoms with E-state index in [0.717, 1.165) is 17.7 Å². The highest BCUT2D eigenvalue weighted by Crippen LogP contribution is 2.36. The summed E-state index contributed by atoms with van der Waals surface area (Å²) in [5.41, 5.74) is 1.76. The Morgan fingerprint density at radius 3 is 2.87 bits per heavy atom. The van der Waals surface area contributed by atoms with Crippen LogP contribution in [0.15, 0.2) is 18.2 Å². The Balaban J connectivity index is 2.42. The molecule has 2 rings (SSSR count). The van der Waals surface area contributed by atoms with Gasteiger partial charge in [-0.15, -0.1) is 0 Å². The molecular formula is C13H15NO. The first-order valence-corrected chi connectivity index (χ1v) is 5.25. The van der Waals surface area contributed by atoms with Gasteiger partial charge in [0, 0.05) is 0 Å². The Bertz CT molecular complexity index is 429. The third kappa shape index (κ3) is 1.70. The van der Waals surface area contributed by atoms with Gasteiger partial charge >= 0.3 is 0 Å². The number of hydrogen-bond acceptors (Lipinski definition) is 2. The standard InChI is InChI=1S/C13H15NO/c1-9-6-11-7-10(8-14)4-5-12(11)15-13(9,2)3/h4-5,7,9H,6H2,1-3H3. The zero-order valence-corrected chi connectivity index (χ0v) is 9.37. The zero-order chi connectivity index (χ0) is 11.1. The maximum absolute atomic E-state index is 8.82. The van der Waals surface area contributed by atoms with Crippen molar-refractivity contribution >= 4 is 0 Å². The van der Waals surface area contributed by atoms with Gasteiger partial charge < -0.3 is 4.74 Å². The SMILES string of the molecule is CC1Cc2cc(C#N)ccc2OC1(C)C. The fourth-order valence-corrected chi connectivity index (χ4v) is 1.87.